The number of carbonyl (C=O) groups excluding carboxylic acids is 1. The zero-order valence-electron chi connectivity index (χ0n) is 14.6. The molecule has 0 spiro atoms. The van der Waals surface area contributed by atoms with Gasteiger partial charge in [-0.1, -0.05) is 35.9 Å². The van der Waals surface area contributed by atoms with Crippen molar-refractivity contribution in [1.82, 2.24) is 5.32 Å². The van der Waals surface area contributed by atoms with E-state index in [-0.39, 0.29) is 24.2 Å². The molecule has 0 aliphatic carbocycles. The quantitative estimate of drug-likeness (QED) is 0.865. The number of para-hydroxylation sites is 1. The highest BCUT2D eigenvalue weighted by atomic mass is 35.5. The number of halogens is 1. The van der Waals surface area contributed by atoms with E-state index in [1.54, 1.807) is 6.07 Å². The fourth-order valence-corrected chi connectivity index (χ4v) is 3.19. The molecule has 0 bridgehead atoms. The number of benzene rings is 2. The van der Waals surface area contributed by atoms with Crippen molar-refractivity contribution in [2.75, 3.05) is 6.61 Å². The van der Waals surface area contributed by atoms with E-state index in [4.69, 9.17) is 21.1 Å². The fourth-order valence-electron chi connectivity index (χ4n) is 2.99. The Kier molecular flexibility index (Phi) is 4.91. The molecule has 1 heterocycles. The number of hydrogen-bond donors (Lipinski definition) is 1. The van der Waals surface area contributed by atoms with Crippen molar-refractivity contribution in [3.63, 3.8) is 0 Å². The predicted octanol–water partition coefficient (Wildman–Crippen LogP) is 4.31. The van der Waals surface area contributed by atoms with Crippen LogP contribution >= 0.6 is 11.6 Å². The number of ether oxygens (including phenoxy) is 2. The molecule has 4 nitrogen and oxygen atoms in total. The Morgan fingerprint density at radius 3 is 2.84 bits per heavy atom. The van der Waals surface area contributed by atoms with Crippen LogP contribution in [0.2, 0.25) is 5.02 Å². The highest BCUT2D eigenvalue weighted by molar-refractivity contribution is 6.30. The lowest BCUT2D eigenvalue weighted by Crippen LogP contribution is -2.31. The van der Waals surface area contributed by atoms with Crippen molar-refractivity contribution in [1.29, 1.82) is 0 Å². The molecule has 1 aliphatic heterocycles. The molecule has 5 heteroatoms. The number of hydrogen-bond acceptors (Lipinski definition) is 3. The molecule has 3 rings (SSSR count). The number of nitrogens with one attached hydrogen (secondary N) is 1. The maximum absolute atomic E-state index is 12.2. The molecule has 0 aromatic heterocycles. The first-order valence-corrected chi connectivity index (χ1v) is 8.70. The van der Waals surface area contributed by atoms with Crippen molar-refractivity contribution in [2.45, 2.75) is 38.8 Å². The van der Waals surface area contributed by atoms with Crippen LogP contribution in [0.15, 0.2) is 42.5 Å². The topological polar surface area (TPSA) is 47.6 Å². The minimum Gasteiger partial charge on any atom is -0.483 e. The summed E-state index contributed by atoms with van der Waals surface area (Å²) < 4.78 is 11.7. The first-order valence-electron chi connectivity index (χ1n) is 8.32. The summed E-state index contributed by atoms with van der Waals surface area (Å²) in [5.74, 6) is 1.15. The van der Waals surface area contributed by atoms with Crippen molar-refractivity contribution in [2.24, 2.45) is 0 Å². The monoisotopic (exact) mass is 359 g/mol. The minimum atomic E-state index is -0.245. The van der Waals surface area contributed by atoms with E-state index in [9.17, 15) is 4.79 Å². The number of carbonyl (C=O) groups is 1. The van der Waals surface area contributed by atoms with Gasteiger partial charge in [-0.3, -0.25) is 4.79 Å². The smallest absolute Gasteiger partial charge is 0.258 e. The average molecular weight is 360 g/mol. The molecule has 2 aromatic rings. The molecule has 0 saturated heterocycles. The van der Waals surface area contributed by atoms with Crippen molar-refractivity contribution in [3.8, 4) is 11.5 Å². The highest BCUT2D eigenvalue weighted by Crippen LogP contribution is 2.41. The van der Waals surface area contributed by atoms with Crippen molar-refractivity contribution in [3.05, 3.63) is 58.6 Å². The second kappa shape index (κ2) is 6.96. The van der Waals surface area contributed by atoms with Crippen molar-refractivity contribution < 1.29 is 14.3 Å². The Hall–Kier alpha value is -2.20. The van der Waals surface area contributed by atoms with Crippen LogP contribution in [0.5, 0.6) is 11.5 Å². The van der Waals surface area contributed by atoms with Gasteiger partial charge in [0, 0.05) is 17.0 Å². The summed E-state index contributed by atoms with van der Waals surface area (Å²) in [5, 5.41) is 3.56. The average Bonchev–Trinajstić information content (AvgIpc) is 2.87. The van der Waals surface area contributed by atoms with Gasteiger partial charge in [-0.05, 0) is 44.5 Å². The van der Waals surface area contributed by atoms with Crippen molar-refractivity contribution >= 4 is 17.5 Å². The molecule has 25 heavy (non-hydrogen) atoms. The van der Waals surface area contributed by atoms with E-state index in [1.165, 1.54) is 0 Å². The van der Waals surface area contributed by atoms with Crippen LogP contribution in [0.3, 0.4) is 0 Å². The molecular formula is C20H22ClNO3. The summed E-state index contributed by atoms with van der Waals surface area (Å²) in [6, 6.07) is 13.1. The van der Waals surface area contributed by atoms with Crippen LogP contribution in [-0.4, -0.2) is 18.1 Å². The van der Waals surface area contributed by atoms with E-state index in [0.29, 0.717) is 10.8 Å². The normalized spacial score (nSPS) is 15.8. The summed E-state index contributed by atoms with van der Waals surface area (Å²) in [6.45, 7) is 5.92. The summed E-state index contributed by atoms with van der Waals surface area (Å²) >= 11 is 5.99. The number of fused-ring (bicyclic) bond motifs is 1. The van der Waals surface area contributed by atoms with Gasteiger partial charge in [-0.25, -0.2) is 0 Å². The van der Waals surface area contributed by atoms with Gasteiger partial charge in [0.2, 0.25) is 0 Å². The Bertz CT molecular complexity index is 788. The Labute approximate surface area is 153 Å². The zero-order valence-corrected chi connectivity index (χ0v) is 15.4. The Morgan fingerprint density at radius 2 is 2.08 bits per heavy atom. The van der Waals surface area contributed by atoms with Gasteiger partial charge in [-0.2, -0.15) is 0 Å². The van der Waals surface area contributed by atoms with Gasteiger partial charge < -0.3 is 14.8 Å². The fraction of sp³-hybridized carbons (Fsp3) is 0.350. The molecule has 1 atom stereocenters. The second-order valence-corrected chi connectivity index (χ2v) is 7.35. The number of amides is 1. The van der Waals surface area contributed by atoms with Crippen LogP contribution < -0.4 is 14.8 Å². The maximum Gasteiger partial charge on any atom is 0.258 e. The SMILES string of the molecule is CC(NC(=O)COc1cccc2c1OC(C)(C)C2)c1cccc(Cl)c1. The third-order valence-corrected chi connectivity index (χ3v) is 4.38. The largest absolute Gasteiger partial charge is 0.483 e. The molecule has 1 amide bonds. The van der Waals surface area contributed by atoms with Crippen LogP contribution in [0.1, 0.15) is 37.9 Å². The second-order valence-electron chi connectivity index (χ2n) is 6.92. The van der Waals surface area contributed by atoms with Gasteiger partial charge in [0.05, 0.1) is 6.04 Å². The third kappa shape index (κ3) is 4.26. The van der Waals surface area contributed by atoms with E-state index in [1.807, 2.05) is 57.2 Å². The zero-order chi connectivity index (χ0) is 18.0. The lowest BCUT2D eigenvalue weighted by atomic mass is 10.0. The molecule has 0 radical (unpaired) electrons. The molecule has 132 valence electrons. The lowest BCUT2D eigenvalue weighted by molar-refractivity contribution is -0.123. The van der Waals surface area contributed by atoms with E-state index >= 15 is 0 Å². The standard InChI is InChI=1S/C20H22ClNO3/c1-13(14-6-4-8-16(21)10-14)22-18(23)12-24-17-9-5-7-15-11-20(2,3)25-19(15)17/h4-10,13H,11-12H2,1-3H3,(H,22,23). The van der Waals surface area contributed by atoms with Gasteiger partial charge >= 0.3 is 0 Å². The van der Waals surface area contributed by atoms with E-state index in [0.717, 1.165) is 23.3 Å². The van der Waals surface area contributed by atoms with E-state index < -0.39 is 0 Å². The van der Waals surface area contributed by atoms with Crippen LogP contribution in [0.25, 0.3) is 0 Å². The Balaban J connectivity index is 1.60. The third-order valence-electron chi connectivity index (χ3n) is 4.14. The summed E-state index contributed by atoms with van der Waals surface area (Å²) in [7, 11) is 0. The first kappa shape index (κ1) is 17.6. The molecule has 1 unspecified atom stereocenters. The highest BCUT2D eigenvalue weighted by Gasteiger charge is 2.32. The molecule has 1 aliphatic rings. The minimum absolute atomic E-state index is 0.0643. The molecule has 2 aromatic carbocycles. The summed E-state index contributed by atoms with van der Waals surface area (Å²) in [5.41, 5.74) is 1.81. The number of rotatable bonds is 5. The van der Waals surface area contributed by atoms with Gasteiger partial charge in [-0.15, -0.1) is 0 Å². The summed E-state index contributed by atoms with van der Waals surface area (Å²) in [4.78, 5) is 12.2. The molecular weight excluding hydrogens is 338 g/mol. The molecule has 1 N–H and O–H groups in total. The Morgan fingerprint density at radius 1 is 1.32 bits per heavy atom. The van der Waals surface area contributed by atoms with Crippen LogP contribution in [0, 0.1) is 0 Å². The predicted molar refractivity (Wildman–Crippen MR) is 98.4 cm³/mol. The van der Waals surface area contributed by atoms with Gasteiger partial charge in [0.25, 0.3) is 5.91 Å². The van der Waals surface area contributed by atoms with E-state index in [2.05, 4.69) is 5.32 Å². The first-order chi connectivity index (χ1) is 11.8. The molecule has 0 saturated carbocycles. The lowest BCUT2D eigenvalue weighted by Gasteiger charge is -2.18. The molecule has 0 fully saturated rings. The van der Waals surface area contributed by atoms with Gasteiger partial charge in [0.15, 0.2) is 18.1 Å². The van der Waals surface area contributed by atoms with Crippen LogP contribution in [0.4, 0.5) is 0 Å². The maximum atomic E-state index is 12.2. The summed E-state index contributed by atoms with van der Waals surface area (Å²) in [6.07, 6.45) is 0.831. The van der Waals surface area contributed by atoms with Gasteiger partial charge in [0.1, 0.15) is 5.60 Å². The van der Waals surface area contributed by atoms with Crippen LogP contribution in [-0.2, 0) is 11.2 Å².